The zero-order valence-electron chi connectivity index (χ0n) is 15.7. The molecule has 5 rings (SSSR count). The van der Waals surface area contributed by atoms with Crippen LogP contribution >= 0.6 is 0 Å². The topological polar surface area (TPSA) is 94.6 Å². The molecule has 1 amide bonds. The summed E-state index contributed by atoms with van der Waals surface area (Å²) in [6.07, 6.45) is 1.23. The first kappa shape index (κ1) is 17.2. The first-order chi connectivity index (χ1) is 13.6. The van der Waals surface area contributed by atoms with E-state index in [-0.39, 0.29) is 18.1 Å². The van der Waals surface area contributed by atoms with Crippen molar-refractivity contribution in [2.45, 2.75) is 19.8 Å². The Morgan fingerprint density at radius 1 is 1.21 bits per heavy atom. The van der Waals surface area contributed by atoms with Crippen molar-refractivity contribution in [2.75, 3.05) is 38.4 Å². The number of rotatable bonds is 5. The first-order valence-electron chi connectivity index (χ1n) is 9.48. The highest BCUT2D eigenvalue weighted by atomic mass is 16.7. The van der Waals surface area contributed by atoms with Crippen molar-refractivity contribution in [2.24, 2.45) is 5.41 Å². The van der Waals surface area contributed by atoms with E-state index in [0.29, 0.717) is 24.5 Å². The zero-order valence-corrected chi connectivity index (χ0v) is 15.7. The average Bonchev–Trinajstić information content (AvgIpc) is 3.13. The van der Waals surface area contributed by atoms with Crippen LogP contribution in [0.1, 0.15) is 34.4 Å². The summed E-state index contributed by atoms with van der Waals surface area (Å²) in [5.41, 5.74) is 2.47. The molecule has 1 aromatic heterocycles. The summed E-state index contributed by atoms with van der Waals surface area (Å²) >= 11 is 0. The molecule has 0 unspecified atom stereocenters. The Morgan fingerprint density at radius 2 is 2.07 bits per heavy atom. The fourth-order valence-corrected chi connectivity index (χ4v) is 3.65. The monoisotopic (exact) mass is 382 g/mol. The molecule has 0 bridgehead atoms. The van der Waals surface area contributed by atoms with E-state index < -0.39 is 0 Å². The second kappa shape index (κ2) is 6.63. The van der Waals surface area contributed by atoms with Crippen molar-refractivity contribution < 1.29 is 19.0 Å². The standard InChI is InChI=1S/C20H22N4O4/c1-20(9-26-10-20)8-22-18-13-4-5-21-19(25)17(13)23-16(24-18)7-12-2-3-14-15(6-12)28-11-27-14/h2-3,6H,4-5,7-11H2,1H3,(H,21,25)(H,22,23,24). The van der Waals surface area contributed by atoms with Crippen molar-refractivity contribution in [1.29, 1.82) is 0 Å². The summed E-state index contributed by atoms with van der Waals surface area (Å²) in [4.78, 5) is 21.7. The lowest BCUT2D eigenvalue weighted by molar-refractivity contribution is -0.0924. The molecule has 146 valence electrons. The van der Waals surface area contributed by atoms with Crippen molar-refractivity contribution in [3.05, 3.63) is 40.8 Å². The molecule has 3 aliphatic rings. The largest absolute Gasteiger partial charge is 0.454 e. The Hall–Kier alpha value is -2.87. The van der Waals surface area contributed by atoms with Crippen LogP contribution in [-0.2, 0) is 17.6 Å². The third kappa shape index (κ3) is 3.13. The maximum atomic E-state index is 12.4. The fourth-order valence-electron chi connectivity index (χ4n) is 3.65. The second-order valence-corrected chi connectivity index (χ2v) is 7.84. The lowest BCUT2D eigenvalue weighted by Gasteiger charge is -2.38. The summed E-state index contributed by atoms with van der Waals surface area (Å²) < 4.78 is 16.2. The minimum absolute atomic E-state index is 0.103. The summed E-state index contributed by atoms with van der Waals surface area (Å²) in [5, 5.41) is 6.32. The Kier molecular flexibility index (Phi) is 4.08. The van der Waals surface area contributed by atoms with Crippen LogP contribution in [0.3, 0.4) is 0 Å². The molecule has 4 heterocycles. The van der Waals surface area contributed by atoms with Crippen LogP contribution in [0, 0.1) is 5.41 Å². The second-order valence-electron chi connectivity index (χ2n) is 7.84. The van der Waals surface area contributed by atoms with Crippen LogP contribution in [0.4, 0.5) is 5.82 Å². The van der Waals surface area contributed by atoms with Crippen LogP contribution in [-0.4, -0.2) is 49.0 Å². The van der Waals surface area contributed by atoms with Gasteiger partial charge in [-0.1, -0.05) is 13.0 Å². The van der Waals surface area contributed by atoms with E-state index in [1.54, 1.807) is 0 Å². The molecule has 1 aromatic carbocycles. The van der Waals surface area contributed by atoms with Gasteiger partial charge in [0.05, 0.1) is 13.2 Å². The van der Waals surface area contributed by atoms with Crippen LogP contribution < -0.4 is 20.1 Å². The molecule has 28 heavy (non-hydrogen) atoms. The number of amides is 1. The Balaban J connectivity index is 1.44. The lowest BCUT2D eigenvalue weighted by Crippen LogP contribution is -2.45. The van der Waals surface area contributed by atoms with E-state index >= 15 is 0 Å². The van der Waals surface area contributed by atoms with E-state index in [4.69, 9.17) is 19.2 Å². The smallest absolute Gasteiger partial charge is 0.270 e. The van der Waals surface area contributed by atoms with Crippen LogP contribution in [0.5, 0.6) is 11.5 Å². The van der Waals surface area contributed by atoms with Gasteiger partial charge in [0.2, 0.25) is 6.79 Å². The molecular formula is C20H22N4O4. The number of benzene rings is 1. The van der Waals surface area contributed by atoms with Gasteiger partial charge in [-0.3, -0.25) is 4.79 Å². The number of hydrogen-bond donors (Lipinski definition) is 2. The molecule has 0 atom stereocenters. The molecule has 8 heteroatoms. The molecule has 2 aromatic rings. The predicted molar refractivity (Wildman–Crippen MR) is 101 cm³/mol. The first-order valence-corrected chi connectivity index (χ1v) is 9.48. The van der Waals surface area contributed by atoms with E-state index in [1.807, 2.05) is 18.2 Å². The van der Waals surface area contributed by atoms with E-state index in [1.165, 1.54) is 0 Å². The maximum absolute atomic E-state index is 12.4. The third-order valence-electron chi connectivity index (χ3n) is 5.31. The lowest BCUT2D eigenvalue weighted by atomic mass is 9.88. The molecule has 0 aliphatic carbocycles. The van der Waals surface area contributed by atoms with Crippen LogP contribution in [0.15, 0.2) is 18.2 Å². The number of hydrogen-bond acceptors (Lipinski definition) is 7. The number of ether oxygens (including phenoxy) is 3. The number of anilines is 1. The van der Waals surface area contributed by atoms with E-state index in [2.05, 4.69) is 22.5 Å². The van der Waals surface area contributed by atoms with Gasteiger partial charge in [0.1, 0.15) is 17.3 Å². The predicted octanol–water partition coefficient (Wildman–Crippen LogP) is 1.53. The molecule has 1 fully saturated rings. The number of carbonyl (C=O) groups excluding carboxylic acids is 1. The van der Waals surface area contributed by atoms with Crippen molar-refractivity contribution in [1.82, 2.24) is 15.3 Å². The number of aromatic nitrogens is 2. The van der Waals surface area contributed by atoms with Gasteiger partial charge in [-0.2, -0.15) is 0 Å². The van der Waals surface area contributed by atoms with Gasteiger partial charge in [0, 0.05) is 30.5 Å². The highest BCUT2D eigenvalue weighted by molar-refractivity contribution is 5.96. The van der Waals surface area contributed by atoms with Crippen molar-refractivity contribution >= 4 is 11.7 Å². The zero-order chi connectivity index (χ0) is 19.1. The normalized spacial score (nSPS) is 18.8. The van der Waals surface area contributed by atoms with Gasteiger partial charge in [-0.15, -0.1) is 0 Å². The SMILES string of the molecule is CC1(CNc2nc(Cc3ccc4c(c3)OCO4)nc3c2CCNC3=O)COC1. The summed E-state index contributed by atoms with van der Waals surface area (Å²) in [6.45, 7) is 5.24. The fraction of sp³-hybridized carbons (Fsp3) is 0.450. The summed E-state index contributed by atoms with van der Waals surface area (Å²) in [6, 6.07) is 5.79. The molecular weight excluding hydrogens is 360 g/mol. The maximum Gasteiger partial charge on any atom is 0.270 e. The highest BCUT2D eigenvalue weighted by Gasteiger charge is 2.34. The molecule has 1 saturated heterocycles. The molecule has 2 N–H and O–H groups in total. The van der Waals surface area contributed by atoms with Gasteiger partial charge < -0.3 is 24.8 Å². The van der Waals surface area contributed by atoms with Gasteiger partial charge >= 0.3 is 0 Å². The van der Waals surface area contributed by atoms with Gasteiger partial charge in [-0.25, -0.2) is 9.97 Å². The quantitative estimate of drug-likeness (QED) is 0.810. The minimum atomic E-state index is -0.142. The van der Waals surface area contributed by atoms with Crippen LogP contribution in [0.25, 0.3) is 0 Å². The number of fused-ring (bicyclic) bond motifs is 2. The highest BCUT2D eigenvalue weighted by Crippen LogP contribution is 2.33. The van der Waals surface area contributed by atoms with Gasteiger partial charge in [0.15, 0.2) is 11.5 Å². The Labute approximate surface area is 162 Å². The molecule has 0 spiro atoms. The number of carbonyl (C=O) groups is 1. The van der Waals surface area contributed by atoms with Crippen molar-refractivity contribution in [3.63, 3.8) is 0 Å². The number of nitrogens with zero attached hydrogens (tertiary/aromatic N) is 2. The summed E-state index contributed by atoms with van der Waals surface area (Å²) in [7, 11) is 0. The van der Waals surface area contributed by atoms with Crippen LogP contribution in [0.2, 0.25) is 0 Å². The number of nitrogens with one attached hydrogen (secondary N) is 2. The minimum Gasteiger partial charge on any atom is -0.454 e. The van der Waals surface area contributed by atoms with E-state index in [0.717, 1.165) is 54.6 Å². The van der Waals surface area contributed by atoms with Gasteiger partial charge in [0.25, 0.3) is 5.91 Å². The molecule has 0 saturated carbocycles. The Bertz CT molecular complexity index is 942. The van der Waals surface area contributed by atoms with E-state index in [9.17, 15) is 4.79 Å². The molecule has 8 nitrogen and oxygen atoms in total. The van der Waals surface area contributed by atoms with Gasteiger partial charge in [-0.05, 0) is 24.1 Å². The van der Waals surface area contributed by atoms with Crippen molar-refractivity contribution in [3.8, 4) is 11.5 Å². The molecule has 3 aliphatic heterocycles. The third-order valence-corrected chi connectivity index (χ3v) is 5.31. The Morgan fingerprint density at radius 3 is 2.89 bits per heavy atom. The average molecular weight is 382 g/mol. The molecule has 0 radical (unpaired) electrons. The summed E-state index contributed by atoms with van der Waals surface area (Å²) in [5.74, 6) is 2.69.